The van der Waals surface area contributed by atoms with Crippen molar-refractivity contribution >= 4 is 34.4 Å². The maximum Gasteiger partial charge on any atom is 0.211 e. The average Bonchev–Trinajstić information content (AvgIpc) is 2.75. The van der Waals surface area contributed by atoms with Crippen LogP contribution in [0.1, 0.15) is 12.5 Å². The minimum atomic E-state index is 0.701. The van der Waals surface area contributed by atoms with E-state index in [9.17, 15) is 0 Å². The molecule has 0 aliphatic heterocycles. The second-order valence-corrected chi connectivity index (χ2v) is 5.12. The van der Waals surface area contributed by atoms with E-state index >= 15 is 0 Å². The van der Waals surface area contributed by atoms with Gasteiger partial charge in [-0.3, -0.25) is 5.10 Å². The number of aromatic amines is 1. The fourth-order valence-electron chi connectivity index (χ4n) is 1.43. The molecule has 0 saturated heterocycles. The van der Waals surface area contributed by atoms with Gasteiger partial charge in [0.05, 0.1) is 0 Å². The number of hydrogen-bond donors (Lipinski definition) is 1. The maximum absolute atomic E-state index is 5.02. The molecule has 0 bridgehead atoms. The van der Waals surface area contributed by atoms with E-state index in [0.717, 1.165) is 17.2 Å². The van der Waals surface area contributed by atoms with Crippen LogP contribution >= 0.6 is 23.6 Å². The van der Waals surface area contributed by atoms with E-state index in [1.54, 1.807) is 0 Å². The second-order valence-electron chi connectivity index (χ2n) is 3.47. The predicted octanol–water partition coefficient (Wildman–Crippen LogP) is 3.53. The molecule has 1 heterocycles. The van der Waals surface area contributed by atoms with E-state index in [0.29, 0.717) is 3.95 Å². The van der Waals surface area contributed by atoms with Crippen LogP contribution in [0.3, 0.4) is 0 Å². The summed E-state index contributed by atoms with van der Waals surface area (Å²) in [6.07, 6.45) is 1.06. The molecular formula is C11H13N3S2. The van der Waals surface area contributed by atoms with Crippen molar-refractivity contribution in [3.8, 4) is 0 Å². The summed E-state index contributed by atoms with van der Waals surface area (Å²) >= 11 is 6.49. The summed E-state index contributed by atoms with van der Waals surface area (Å²) in [5.74, 6) is 0. The third kappa shape index (κ3) is 2.31. The van der Waals surface area contributed by atoms with Gasteiger partial charge < -0.3 is 4.90 Å². The lowest BCUT2D eigenvalue weighted by molar-refractivity contribution is 1.03. The summed E-state index contributed by atoms with van der Waals surface area (Å²) in [5, 5.41) is 7.82. The number of nitrogens with zero attached hydrogens (tertiary/aromatic N) is 2. The Balaban J connectivity index is 2.26. The predicted molar refractivity (Wildman–Crippen MR) is 71.2 cm³/mol. The van der Waals surface area contributed by atoms with Gasteiger partial charge in [0.1, 0.15) is 0 Å². The standard InChI is InChI=1S/C11H13N3S2/c1-3-8-4-6-9(7-5-8)14(2)10-12-13-11(15)16-10/h4-7H,3H2,1-2H3,(H,13,15). The van der Waals surface area contributed by atoms with Crippen LogP contribution in [0, 0.1) is 3.95 Å². The smallest absolute Gasteiger partial charge is 0.211 e. The molecule has 0 aliphatic carbocycles. The molecule has 2 aromatic rings. The Labute approximate surface area is 104 Å². The number of H-pyrrole nitrogens is 1. The number of benzene rings is 1. The van der Waals surface area contributed by atoms with Gasteiger partial charge in [0.25, 0.3) is 0 Å². The molecule has 1 N–H and O–H groups in total. The molecule has 0 aliphatic rings. The van der Waals surface area contributed by atoms with Crippen molar-refractivity contribution in [2.45, 2.75) is 13.3 Å². The van der Waals surface area contributed by atoms with Crippen LogP contribution in [0.5, 0.6) is 0 Å². The lowest BCUT2D eigenvalue weighted by atomic mass is 10.1. The Hall–Kier alpha value is -1.20. The van der Waals surface area contributed by atoms with E-state index in [1.807, 2.05) is 11.9 Å². The summed E-state index contributed by atoms with van der Waals surface area (Å²) in [4.78, 5) is 2.02. The number of hydrogen-bond acceptors (Lipinski definition) is 4. The van der Waals surface area contributed by atoms with Gasteiger partial charge in [-0.25, -0.2) is 0 Å². The number of rotatable bonds is 3. The van der Waals surface area contributed by atoms with Gasteiger partial charge in [-0.2, -0.15) is 0 Å². The maximum atomic E-state index is 5.02. The van der Waals surface area contributed by atoms with Gasteiger partial charge in [-0.1, -0.05) is 30.4 Å². The van der Waals surface area contributed by atoms with E-state index in [2.05, 4.69) is 41.4 Å². The Morgan fingerprint density at radius 2 is 2.06 bits per heavy atom. The number of anilines is 2. The van der Waals surface area contributed by atoms with Crippen molar-refractivity contribution in [3.05, 3.63) is 33.8 Å². The molecule has 2 rings (SSSR count). The highest BCUT2D eigenvalue weighted by Gasteiger charge is 2.06. The SMILES string of the molecule is CCc1ccc(N(C)c2n[nH]c(=S)s2)cc1. The quantitative estimate of drug-likeness (QED) is 0.847. The van der Waals surface area contributed by atoms with Crippen LogP contribution in [-0.4, -0.2) is 17.2 Å². The highest BCUT2D eigenvalue weighted by Crippen LogP contribution is 2.25. The first-order valence-electron chi connectivity index (χ1n) is 5.09. The fraction of sp³-hybridized carbons (Fsp3) is 0.273. The van der Waals surface area contributed by atoms with Gasteiger partial charge in [0.2, 0.25) is 5.13 Å². The minimum Gasteiger partial charge on any atom is -0.320 e. The summed E-state index contributed by atoms with van der Waals surface area (Å²) in [6, 6.07) is 8.47. The molecule has 0 saturated carbocycles. The van der Waals surface area contributed by atoms with Gasteiger partial charge in [-0.05, 0) is 36.3 Å². The zero-order valence-corrected chi connectivity index (χ0v) is 10.9. The fourth-order valence-corrected chi connectivity index (χ4v) is 2.29. The van der Waals surface area contributed by atoms with Crippen LogP contribution in [-0.2, 0) is 6.42 Å². The summed E-state index contributed by atoms with van der Waals surface area (Å²) in [6.45, 7) is 2.15. The van der Waals surface area contributed by atoms with Gasteiger partial charge in [0, 0.05) is 12.7 Å². The van der Waals surface area contributed by atoms with E-state index < -0.39 is 0 Å². The molecule has 1 aromatic heterocycles. The first-order chi connectivity index (χ1) is 7.70. The number of nitrogens with one attached hydrogen (secondary N) is 1. The minimum absolute atomic E-state index is 0.701. The van der Waals surface area contributed by atoms with Crippen LogP contribution < -0.4 is 4.90 Å². The Morgan fingerprint density at radius 1 is 1.38 bits per heavy atom. The lowest BCUT2D eigenvalue weighted by Crippen LogP contribution is -2.08. The third-order valence-electron chi connectivity index (χ3n) is 2.45. The van der Waals surface area contributed by atoms with E-state index in [-0.39, 0.29) is 0 Å². The Morgan fingerprint density at radius 3 is 2.56 bits per heavy atom. The van der Waals surface area contributed by atoms with Crippen LogP contribution in [0.2, 0.25) is 0 Å². The number of aromatic nitrogens is 2. The molecule has 0 fully saturated rings. The highest BCUT2D eigenvalue weighted by molar-refractivity contribution is 7.73. The average molecular weight is 251 g/mol. The third-order valence-corrected chi connectivity index (χ3v) is 3.61. The molecule has 0 amide bonds. The molecule has 16 heavy (non-hydrogen) atoms. The van der Waals surface area contributed by atoms with Crippen LogP contribution in [0.25, 0.3) is 0 Å². The molecule has 0 radical (unpaired) electrons. The Kier molecular flexibility index (Phi) is 3.36. The topological polar surface area (TPSA) is 31.9 Å². The highest BCUT2D eigenvalue weighted by atomic mass is 32.1. The number of aryl methyl sites for hydroxylation is 1. The lowest BCUT2D eigenvalue weighted by Gasteiger charge is -2.15. The van der Waals surface area contributed by atoms with Crippen molar-refractivity contribution in [1.82, 2.24) is 10.2 Å². The molecule has 5 heteroatoms. The van der Waals surface area contributed by atoms with Crippen molar-refractivity contribution in [2.75, 3.05) is 11.9 Å². The van der Waals surface area contributed by atoms with Crippen molar-refractivity contribution < 1.29 is 0 Å². The zero-order chi connectivity index (χ0) is 11.5. The summed E-state index contributed by atoms with van der Waals surface area (Å²) in [5.41, 5.74) is 2.46. The van der Waals surface area contributed by atoms with Crippen molar-refractivity contribution in [3.63, 3.8) is 0 Å². The molecule has 1 aromatic carbocycles. The molecule has 84 valence electrons. The van der Waals surface area contributed by atoms with E-state index in [1.165, 1.54) is 16.9 Å². The molecular weight excluding hydrogens is 238 g/mol. The molecule has 0 unspecified atom stereocenters. The van der Waals surface area contributed by atoms with Crippen molar-refractivity contribution in [1.29, 1.82) is 0 Å². The Bertz CT molecular complexity index is 513. The summed E-state index contributed by atoms with van der Waals surface area (Å²) in [7, 11) is 1.99. The van der Waals surface area contributed by atoms with Crippen LogP contribution in [0.4, 0.5) is 10.8 Å². The normalized spacial score (nSPS) is 10.4. The van der Waals surface area contributed by atoms with Gasteiger partial charge in [-0.15, -0.1) is 5.10 Å². The van der Waals surface area contributed by atoms with Crippen LogP contribution in [0.15, 0.2) is 24.3 Å². The van der Waals surface area contributed by atoms with E-state index in [4.69, 9.17) is 12.2 Å². The monoisotopic (exact) mass is 251 g/mol. The second kappa shape index (κ2) is 4.76. The van der Waals surface area contributed by atoms with Gasteiger partial charge >= 0.3 is 0 Å². The van der Waals surface area contributed by atoms with Gasteiger partial charge in [0.15, 0.2) is 3.95 Å². The molecule has 0 spiro atoms. The summed E-state index contributed by atoms with van der Waals surface area (Å²) < 4.78 is 0.701. The largest absolute Gasteiger partial charge is 0.320 e. The molecule has 3 nitrogen and oxygen atoms in total. The molecule has 0 atom stereocenters. The first kappa shape index (κ1) is 11.3. The first-order valence-corrected chi connectivity index (χ1v) is 6.31. The zero-order valence-electron chi connectivity index (χ0n) is 9.23. The van der Waals surface area contributed by atoms with Crippen molar-refractivity contribution in [2.24, 2.45) is 0 Å².